The molecule has 1 heterocycles. The Hall–Kier alpha value is -3.57. The quantitative estimate of drug-likeness (QED) is 0.321. The molecular formula is C27H24ClN3O2. The normalized spacial score (nSPS) is 13.0. The maximum atomic E-state index is 13.4. The van der Waals surface area contributed by atoms with E-state index >= 15 is 0 Å². The van der Waals surface area contributed by atoms with Gasteiger partial charge in [0, 0.05) is 16.6 Å². The number of hydrogen-bond acceptors (Lipinski definition) is 3. The number of amides is 1. The van der Waals surface area contributed by atoms with E-state index in [4.69, 9.17) is 21.4 Å². The number of halogens is 1. The third-order valence-corrected chi connectivity index (χ3v) is 5.98. The summed E-state index contributed by atoms with van der Waals surface area (Å²) in [4.78, 5) is 15.3. The zero-order valence-corrected chi connectivity index (χ0v) is 19.1. The van der Waals surface area contributed by atoms with Gasteiger partial charge in [0.1, 0.15) is 5.75 Å². The Bertz CT molecular complexity index is 1270. The molecule has 0 radical (unpaired) electrons. The summed E-state index contributed by atoms with van der Waals surface area (Å²) in [6, 6.07) is 26.8. The van der Waals surface area contributed by atoms with Crippen molar-refractivity contribution in [3.63, 3.8) is 0 Å². The second-order valence-electron chi connectivity index (χ2n) is 8.21. The van der Waals surface area contributed by atoms with E-state index in [-0.39, 0.29) is 11.9 Å². The third kappa shape index (κ3) is 4.64. The van der Waals surface area contributed by atoms with Crippen LogP contribution in [0.1, 0.15) is 34.5 Å². The molecular weight excluding hydrogens is 434 g/mol. The Morgan fingerprint density at radius 1 is 1.03 bits per heavy atom. The zero-order valence-electron chi connectivity index (χ0n) is 18.3. The topological polar surface area (TPSA) is 47.4 Å². The average molecular weight is 458 g/mol. The number of aryl methyl sites for hydroxylation is 1. The van der Waals surface area contributed by atoms with E-state index in [0.29, 0.717) is 28.8 Å². The molecule has 33 heavy (non-hydrogen) atoms. The van der Waals surface area contributed by atoms with Crippen molar-refractivity contribution in [2.24, 2.45) is 0 Å². The van der Waals surface area contributed by atoms with E-state index in [1.807, 2.05) is 96.8 Å². The van der Waals surface area contributed by atoms with Crippen LogP contribution < -0.4 is 4.74 Å². The van der Waals surface area contributed by atoms with Gasteiger partial charge in [0.15, 0.2) is 0 Å². The van der Waals surface area contributed by atoms with Crippen LogP contribution in [0.3, 0.4) is 0 Å². The monoisotopic (exact) mass is 457 g/mol. The lowest BCUT2D eigenvalue weighted by atomic mass is 10.1. The number of ether oxygens (including phenoxy) is 1. The number of benzene rings is 3. The van der Waals surface area contributed by atoms with Gasteiger partial charge < -0.3 is 9.64 Å². The maximum Gasteiger partial charge on any atom is 0.254 e. The average Bonchev–Trinajstić information content (AvgIpc) is 3.64. The molecule has 0 unspecified atom stereocenters. The highest BCUT2D eigenvalue weighted by molar-refractivity contribution is 6.30. The molecule has 3 aromatic carbocycles. The summed E-state index contributed by atoms with van der Waals surface area (Å²) in [5.74, 6) is 1.32. The number of para-hydroxylation sites is 1. The first-order valence-corrected chi connectivity index (χ1v) is 11.4. The summed E-state index contributed by atoms with van der Waals surface area (Å²) >= 11 is 6.26. The van der Waals surface area contributed by atoms with E-state index in [0.717, 1.165) is 29.8 Å². The van der Waals surface area contributed by atoms with Crippen molar-refractivity contribution >= 4 is 17.5 Å². The number of aromatic nitrogens is 2. The van der Waals surface area contributed by atoms with Crippen LogP contribution in [0.4, 0.5) is 0 Å². The summed E-state index contributed by atoms with van der Waals surface area (Å²) < 4.78 is 8.13. The predicted octanol–water partition coefficient (Wildman–Crippen LogP) is 6.43. The summed E-state index contributed by atoms with van der Waals surface area (Å²) in [5.41, 5.74) is 3.19. The molecule has 6 heteroatoms. The number of rotatable bonds is 7. The minimum absolute atomic E-state index is 0.0265. The van der Waals surface area contributed by atoms with Crippen molar-refractivity contribution in [3.8, 4) is 17.3 Å². The number of hydrogen-bond donors (Lipinski definition) is 0. The molecule has 1 saturated carbocycles. The molecule has 5 rings (SSSR count). The molecule has 0 spiro atoms. The fourth-order valence-corrected chi connectivity index (χ4v) is 4.06. The summed E-state index contributed by atoms with van der Waals surface area (Å²) in [5, 5.41) is 5.40. The standard InChI is InChI=1S/C27H24ClN3O2/c1-19-25(18-30(22-15-16-22)26(32)20-9-4-2-5-10-20)27(33-24-13-6-3-7-14-24)31(29-19)23-12-8-11-21(28)17-23/h2-14,17,22H,15-16,18H2,1H3. The molecule has 1 aliphatic rings. The first kappa shape index (κ1) is 21.3. The SMILES string of the molecule is Cc1nn(-c2cccc(Cl)c2)c(Oc2ccccc2)c1CN(C(=O)c1ccccc1)C1CC1. The van der Waals surface area contributed by atoms with Crippen molar-refractivity contribution in [2.75, 3.05) is 0 Å². The van der Waals surface area contributed by atoms with Crippen LogP contribution in [0.2, 0.25) is 5.02 Å². The first-order chi connectivity index (χ1) is 16.1. The van der Waals surface area contributed by atoms with Crippen LogP contribution in [0.15, 0.2) is 84.9 Å². The van der Waals surface area contributed by atoms with Crippen LogP contribution in [0.5, 0.6) is 11.6 Å². The summed E-state index contributed by atoms with van der Waals surface area (Å²) in [7, 11) is 0. The van der Waals surface area contributed by atoms with Crippen molar-refractivity contribution in [2.45, 2.75) is 32.4 Å². The molecule has 0 atom stereocenters. The van der Waals surface area contributed by atoms with Crippen molar-refractivity contribution in [3.05, 3.63) is 107 Å². The molecule has 1 amide bonds. The van der Waals surface area contributed by atoms with Gasteiger partial charge in [-0.25, -0.2) is 4.68 Å². The fraction of sp³-hybridized carbons (Fsp3) is 0.185. The van der Waals surface area contributed by atoms with E-state index in [2.05, 4.69) is 0 Å². The lowest BCUT2D eigenvalue weighted by Gasteiger charge is -2.23. The van der Waals surface area contributed by atoms with Gasteiger partial charge >= 0.3 is 0 Å². The Morgan fingerprint density at radius 3 is 2.39 bits per heavy atom. The van der Waals surface area contributed by atoms with Gasteiger partial charge in [0.05, 0.1) is 23.5 Å². The molecule has 5 nitrogen and oxygen atoms in total. The summed E-state index contributed by atoms with van der Waals surface area (Å²) in [6.07, 6.45) is 2.02. The fourth-order valence-electron chi connectivity index (χ4n) is 3.88. The van der Waals surface area contributed by atoms with Gasteiger partial charge in [0.2, 0.25) is 5.88 Å². The van der Waals surface area contributed by atoms with Crippen LogP contribution in [-0.4, -0.2) is 26.6 Å². The van der Waals surface area contributed by atoms with Crippen LogP contribution in [0.25, 0.3) is 5.69 Å². The van der Waals surface area contributed by atoms with Gasteiger partial charge in [-0.1, -0.05) is 54.1 Å². The molecule has 4 aromatic rings. The lowest BCUT2D eigenvalue weighted by molar-refractivity contribution is 0.0729. The minimum Gasteiger partial charge on any atom is -0.439 e. The van der Waals surface area contributed by atoms with Gasteiger partial charge in [-0.2, -0.15) is 5.10 Å². The van der Waals surface area contributed by atoms with Crippen LogP contribution in [-0.2, 0) is 6.54 Å². The Labute approximate surface area is 198 Å². The Balaban J connectivity index is 1.56. The zero-order chi connectivity index (χ0) is 22.8. The number of carbonyl (C=O) groups excluding carboxylic acids is 1. The maximum absolute atomic E-state index is 13.4. The highest BCUT2D eigenvalue weighted by Gasteiger charge is 2.35. The largest absolute Gasteiger partial charge is 0.439 e. The minimum atomic E-state index is 0.0265. The van der Waals surface area contributed by atoms with E-state index < -0.39 is 0 Å². The number of nitrogens with zero attached hydrogens (tertiary/aromatic N) is 3. The Kier molecular flexibility index (Phi) is 5.88. The van der Waals surface area contributed by atoms with Gasteiger partial charge in [-0.3, -0.25) is 4.79 Å². The molecule has 1 aromatic heterocycles. The van der Waals surface area contributed by atoms with Gasteiger partial charge in [-0.05, 0) is 62.2 Å². The Morgan fingerprint density at radius 2 is 1.73 bits per heavy atom. The molecule has 166 valence electrons. The van der Waals surface area contributed by atoms with Gasteiger partial charge in [0.25, 0.3) is 5.91 Å². The molecule has 0 saturated heterocycles. The van der Waals surface area contributed by atoms with E-state index in [1.54, 1.807) is 4.68 Å². The first-order valence-electron chi connectivity index (χ1n) is 11.0. The highest BCUT2D eigenvalue weighted by Crippen LogP contribution is 2.36. The van der Waals surface area contributed by atoms with E-state index in [9.17, 15) is 4.79 Å². The van der Waals surface area contributed by atoms with Crippen molar-refractivity contribution in [1.82, 2.24) is 14.7 Å². The molecule has 0 aliphatic heterocycles. The third-order valence-electron chi connectivity index (χ3n) is 5.75. The summed E-state index contributed by atoms with van der Waals surface area (Å²) in [6.45, 7) is 2.37. The molecule has 1 aliphatic carbocycles. The smallest absolute Gasteiger partial charge is 0.254 e. The molecule has 1 fully saturated rings. The molecule has 0 bridgehead atoms. The van der Waals surface area contributed by atoms with E-state index in [1.165, 1.54) is 0 Å². The van der Waals surface area contributed by atoms with Crippen LogP contribution in [0, 0.1) is 6.92 Å². The van der Waals surface area contributed by atoms with Crippen molar-refractivity contribution < 1.29 is 9.53 Å². The predicted molar refractivity (Wildman–Crippen MR) is 129 cm³/mol. The number of carbonyl (C=O) groups is 1. The van der Waals surface area contributed by atoms with Crippen LogP contribution >= 0.6 is 11.6 Å². The highest BCUT2D eigenvalue weighted by atomic mass is 35.5. The second kappa shape index (κ2) is 9.12. The molecule has 0 N–H and O–H groups in total. The van der Waals surface area contributed by atoms with Crippen molar-refractivity contribution in [1.29, 1.82) is 0 Å². The second-order valence-corrected chi connectivity index (χ2v) is 8.64. The lowest BCUT2D eigenvalue weighted by Crippen LogP contribution is -2.32. The van der Waals surface area contributed by atoms with Gasteiger partial charge in [-0.15, -0.1) is 0 Å².